The highest BCUT2D eigenvalue weighted by molar-refractivity contribution is 6.08. The van der Waals surface area contributed by atoms with Gasteiger partial charge in [0.2, 0.25) is 0 Å². The van der Waals surface area contributed by atoms with Crippen molar-refractivity contribution in [3.63, 3.8) is 0 Å². The Balaban J connectivity index is 2.02. The Morgan fingerprint density at radius 3 is 2.19 bits per heavy atom. The predicted molar refractivity (Wildman–Crippen MR) is 90.6 cm³/mol. The van der Waals surface area contributed by atoms with Gasteiger partial charge in [-0.25, -0.2) is 0 Å². The van der Waals surface area contributed by atoms with E-state index in [0.29, 0.717) is 6.04 Å². The van der Waals surface area contributed by atoms with Gasteiger partial charge in [-0.15, -0.1) is 0 Å². The van der Waals surface area contributed by atoms with Gasteiger partial charge in [-0.05, 0) is 25.0 Å². The molecule has 0 aliphatic heterocycles. The molecule has 104 valence electrons. The van der Waals surface area contributed by atoms with Gasteiger partial charge in [-0.3, -0.25) is 0 Å². The number of para-hydroxylation sites is 2. The van der Waals surface area contributed by atoms with E-state index in [2.05, 4.69) is 78.2 Å². The van der Waals surface area contributed by atoms with Crippen molar-refractivity contribution in [3.8, 4) is 0 Å². The summed E-state index contributed by atoms with van der Waals surface area (Å²) in [5.74, 6) is 0. The number of benzene rings is 2. The first kappa shape index (κ1) is 12.5. The Bertz CT molecular complexity index is 811. The third-order valence-corrected chi connectivity index (χ3v) is 4.47. The Morgan fingerprint density at radius 2 is 1.57 bits per heavy atom. The summed E-state index contributed by atoms with van der Waals surface area (Å²) in [5.41, 5.74) is 4.12. The Hall–Kier alpha value is -2.28. The summed E-state index contributed by atoms with van der Waals surface area (Å²) in [5, 5.41) is 2.71. The molecule has 0 radical (unpaired) electrons. The number of nitrogens with zero attached hydrogens (tertiary/aromatic N) is 1. The molecule has 1 heterocycles. The standard InChI is InChI=1S/C20H19N/c1-2-15-8-7-9-16(14-15)21-19-12-5-3-10-17(19)18-11-4-6-13-20(18)21/h3-8,10-14,16H,2,9H2,1H3. The first-order chi connectivity index (χ1) is 10.4. The average molecular weight is 273 g/mol. The van der Waals surface area contributed by atoms with Gasteiger partial charge in [0.25, 0.3) is 0 Å². The zero-order valence-electron chi connectivity index (χ0n) is 12.3. The lowest BCUT2D eigenvalue weighted by atomic mass is 10.0. The Morgan fingerprint density at radius 1 is 0.952 bits per heavy atom. The van der Waals surface area contributed by atoms with Crippen LogP contribution in [-0.4, -0.2) is 4.57 Å². The van der Waals surface area contributed by atoms with E-state index in [1.165, 1.54) is 27.4 Å². The minimum atomic E-state index is 0.426. The lowest BCUT2D eigenvalue weighted by Crippen LogP contribution is -2.08. The van der Waals surface area contributed by atoms with Crippen LogP contribution in [0.2, 0.25) is 0 Å². The van der Waals surface area contributed by atoms with E-state index in [0.717, 1.165) is 12.8 Å². The molecule has 0 fully saturated rings. The minimum absolute atomic E-state index is 0.426. The first-order valence-electron chi connectivity index (χ1n) is 7.73. The van der Waals surface area contributed by atoms with E-state index in [-0.39, 0.29) is 0 Å². The molecule has 2 aromatic carbocycles. The van der Waals surface area contributed by atoms with Crippen LogP contribution in [-0.2, 0) is 0 Å². The molecule has 1 aromatic heterocycles. The van der Waals surface area contributed by atoms with Gasteiger partial charge < -0.3 is 4.57 Å². The van der Waals surface area contributed by atoms with E-state index in [1.807, 2.05) is 0 Å². The molecule has 0 spiro atoms. The summed E-state index contributed by atoms with van der Waals surface area (Å²) in [4.78, 5) is 0. The van der Waals surface area contributed by atoms with Gasteiger partial charge >= 0.3 is 0 Å². The first-order valence-corrected chi connectivity index (χ1v) is 7.73. The highest BCUT2D eigenvalue weighted by Gasteiger charge is 2.17. The SMILES string of the molecule is CCC1=CC(n2c3ccccc3c3ccccc32)CC=C1. The molecule has 1 nitrogen and oxygen atoms in total. The van der Waals surface area contributed by atoms with Crippen LogP contribution in [0.5, 0.6) is 0 Å². The molecule has 4 rings (SSSR count). The van der Waals surface area contributed by atoms with Crippen molar-refractivity contribution in [1.29, 1.82) is 0 Å². The number of aromatic nitrogens is 1. The Labute approximate surface area is 125 Å². The summed E-state index contributed by atoms with van der Waals surface area (Å²) >= 11 is 0. The van der Waals surface area contributed by atoms with E-state index in [1.54, 1.807) is 0 Å². The molecule has 1 aliphatic rings. The fraction of sp³-hybridized carbons (Fsp3) is 0.200. The van der Waals surface area contributed by atoms with Crippen molar-refractivity contribution in [2.75, 3.05) is 0 Å². The number of rotatable bonds is 2. The quantitative estimate of drug-likeness (QED) is 0.570. The number of allylic oxidation sites excluding steroid dienone is 4. The zero-order valence-corrected chi connectivity index (χ0v) is 12.3. The van der Waals surface area contributed by atoms with Crippen LogP contribution in [0.25, 0.3) is 21.8 Å². The van der Waals surface area contributed by atoms with Crippen LogP contribution in [0, 0.1) is 0 Å². The highest BCUT2D eigenvalue weighted by atomic mass is 15.0. The summed E-state index contributed by atoms with van der Waals surface area (Å²) in [6.07, 6.45) is 9.19. The van der Waals surface area contributed by atoms with Crippen molar-refractivity contribution < 1.29 is 0 Å². The molecule has 0 bridgehead atoms. The van der Waals surface area contributed by atoms with Crippen LogP contribution in [0.15, 0.2) is 72.3 Å². The second kappa shape index (κ2) is 4.92. The maximum Gasteiger partial charge on any atom is 0.0562 e. The minimum Gasteiger partial charge on any atom is -0.333 e. The summed E-state index contributed by atoms with van der Waals surface area (Å²) in [6.45, 7) is 2.23. The molecule has 0 saturated heterocycles. The molecule has 1 heteroatoms. The van der Waals surface area contributed by atoms with Crippen LogP contribution < -0.4 is 0 Å². The Kier molecular flexibility index (Phi) is 2.92. The van der Waals surface area contributed by atoms with E-state index < -0.39 is 0 Å². The summed E-state index contributed by atoms with van der Waals surface area (Å²) in [7, 11) is 0. The topological polar surface area (TPSA) is 4.93 Å². The molecule has 1 aliphatic carbocycles. The monoisotopic (exact) mass is 273 g/mol. The van der Waals surface area contributed by atoms with Crippen molar-refractivity contribution >= 4 is 21.8 Å². The molecular formula is C20H19N. The van der Waals surface area contributed by atoms with Crippen LogP contribution in [0.3, 0.4) is 0 Å². The predicted octanol–water partition coefficient (Wildman–Crippen LogP) is 5.63. The largest absolute Gasteiger partial charge is 0.333 e. The van der Waals surface area contributed by atoms with E-state index in [4.69, 9.17) is 0 Å². The lowest BCUT2D eigenvalue weighted by molar-refractivity contribution is 0.640. The highest BCUT2D eigenvalue weighted by Crippen LogP contribution is 2.35. The van der Waals surface area contributed by atoms with Crippen molar-refractivity contribution in [2.24, 2.45) is 0 Å². The third-order valence-electron chi connectivity index (χ3n) is 4.47. The molecule has 1 unspecified atom stereocenters. The van der Waals surface area contributed by atoms with Gasteiger partial charge in [0.1, 0.15) is 0 Å². The molecule has 1 atom stereocenters. The van der Waals surface area contributed by atoms with Gasteiger partial charge in [0, 0.05) is 21.8 Å². The molecule has 0 amide bonds. The molecule has 0 saturated carbocycles. The maximum atomic E-state index is 2.50. The molecular weight excluding hydrogens is 254 g/mol. The van der Waals surface area contributed by atoms with Crippen molar-refractivity contribution in [3.05, 3.63) is 72.3 Å². The van der Waals surface area contributed by atoms with Gasteiger partial charge in [-0.1, -0.05) is 67.1 Å². The fourth-order valence-corrected chi connectivity index (χ4v) is 3.46. The van der Waals surface area contributed by atoms with Gasteiger partial charge in [0.15, 0.2) is 0 Å². The average Bonchev–Trinajstić information content (AvgIpc) is 2.89. The molecule has 0 N–H and O–H groups in total. The third kappa shape index (κ3) is 1.92. The summed E-state index contributed by atoms with van der Waals surface area (Å²) < 4.78 is 2.50. The number of fused-ring (bicyclic) bond motifs is 3. The smallest absolute Gasteiger partial charge is 0.0562 e. The van der Waals surface area contributed by atoms with Crippen molar-refractivity contribution in [2.45, 2.75) is 25.8 Å². The van der Waals surface area contributed by atoms with Crippen LogP contribution >= 0.6 is 0 Å². The van der Waals surface area contributed by atoms with Crippen LogP contribution in [0.1, 0.15) is 25.8 Å². The fourth-order valence-electron chi connectivity index (χ4n) is 3.46. The molecule has 21 heavy (non-hydrogen) atoms. The van der Waals surface area contributed by atoms with Crippen LogP contribution in [0.4, 0.5) is 0 Å². The number of hydrogen-bond acceptors (Lipinski definition) is 0. The second-order valence-corrected chi connectivity index (χ2v) is 5.70. The zero-order chi connectivity index (χ0) is 14.2. The van der Waals surface area contributed by atoms with Crippen molar-refractivity contribution in [1.82, 2.24) is 4.57 Å². The normalized spacial score (nSPS) is 18.3. The van der Waals surface area contributed by atoms with E-state index in [9.17, 15) is 0 Å². The van der Waals surface area contributed by atoms with Gasteiger partial charge in [-0.2, -0.15) is 0 Å². The number of hydrogen-bond donors (Lipinski definition) is 0. The maximum absolute atomic E-state index is 2.50. The van der Waals surface area contributed by atoms with E-state index >= 15 is 0 Å². The lowest BCUT2D eigenvalue weighted by Gasteiger charge is -2.20. The van der Waals surface area contributed by atoms with Gasteiger partial charge in [0.05, 0.1) is 6.04 Å². The summed E-state index contributed by atoms with van der Waals surface area (Å²) in [6, 6.07) is 17.9. The molecule has 3 aromatic rings. The second-order valence-electron chi connectivity index (χ2n) is 5.70.